The number of aromatic nitrogens is 3. The molecule has 0 saturated carbocycles. The normalized spacial score (nSPS) is 11.9. The molecule has 1 unspecified atom stereocenters. The second kappa shape index (κ2) is 7.94. The number of amides is 1. The molecule has 3 rings (SSSR count). The van der Waals surface area contributed by atoms with Crippen molar-refractivity contribution >= 4 is 17.2 Å². The average molecular weight is 356 g/mol. The second-order valence-corrected chi connectivity index (χ2v) is 6.64. The first kappa shape index (κ1) is 17.2. The van der Waals surface area contributed by atoms with Crippen LogP contribution in [0.25, 0.3) is 0 Å². The molecule has 1 atom stereocenters. The maximum Gasteiger partial charge on any atom is 0.273 e. The van der Waals surface area contributed by atoms with Gasteiger partial charge in [0.05, 0.1) is 19.9 Å². The van der Waals surface area contributed by atoms with E-state index in [2.05, 4.69) is 27.1 Å². The third-order valence-corrected chi connectivity index (χ3v) is 4.51. The molecule has 0 fully saturated rings. The predicted octanol–water partition coefficient (Wildman–Crippen LogP) is 2.76. The highest BCUT2D eigenvalue weighted by Gasteiger charge is 2.14. The number of rotatable bonds is 7. The zero-order valence-electron chi connectivity index (χ0n) is 14.2. The van der Waals surface area contributed by atoms with Crippen LogP contribution in [0.5, 0.6) is 5.75 Å². The number of hydrogen-bond acceptors (Lipinski definition) is 5. The van der Waals surface area contributed by atoms with Gasteiger partial charge in [-0.2, -0.15) is 11.3 Å². The van der Waals surface area contributed by atoms with Gasteiger partial charge in [0.1, 0.15) is 5.75 Å². The molecule has 7 heteroatoms. The Balaban J connectivity index is 1.57. The lowest BCUT2D eigenvalue weighted by molar-refractivity contribution is 0.0935. The molecule has 2 aromatic heterocycles. The Bertz CT molecular complexity index is 812. The lowest BCUT2D eigenvalue weighted by atomic mass is 10.1. The van der Waals surface area contributed by atoms with Crippen molar-refractivity contribution in [3.63, 3.8) is 0 Å². The van der Waals surface area contributed by atoms with Crippen molar-refractivity contribution in [3.8, 4) is 5.75 Å². The van der Waals surface area contributed by atoms with Gasteiger partial charge in [0.15, 0.2) is 5.69 Å². The van der Waals surface area contributed by atoms with Crippen LogP contribution in [0.15, 0.2) is 47.3 Å². The van der Waals surface area contributed by atoms with Crippen molar-refractivity contribution in [2.24, 2.45) is 0 Å². The summed E-state index contributed by atoms with van der Waals surface area (Å²) in [5.41, 5.74) is 2.61. The van der Waals surface area contributed by atoms with E-state index in [4.69, 9.17) is 4.74 Å². The number of hydrogen-bond donors (Lipinski definition) is 1. The summed E-state index contributed by atoms with van der Waals surface area (Å²) in [6.45, 7) is 2.53. The fraction of sp³-hybridized carbons (Fsp3) is 0.278. The Kier molecular flexibility index (Phi) is 5.45. The molecule has 0 aliphatic carbocycles. The van der Waals surface area contributed by atoms with Crippen molar-refractivity contribution in [1.82, 2.24) is 20.3 Å². The second-order valence-electron chi connectivity index (χ2n) is 5.86. The third-order valence-electron chi connectivity index (χ3n) is 3.77. The van der Waals surface area contributed by atoms with Crippen LogP contribution in [-0.2, 0) is 13.0 Å². The van der Waals surface area contributed by atoms with Gasteiger partial charge < -0.3 is 10.1 Å². The van der Waals surface area contributed by atoms with Crippen LogP contribution in [-0.4, -0.2) is 34.1 Å². The zero-order chi connectivity index (χ0) is 17.6. The van der Waals surface area contributed by atoms with E-state index in [1.54, 1.807) is 29.3 Å². The van der Waals surface area contributed by atoms with E-state index < -0.39 is 0 Å². The molecule has 2 heterocycles. The van der Waals surface area contributed by atoms with Gasteiger partial charge in [-0.15, -0.1) is 5.10 Å². The van der Waals surface area contributed by atoms with Crippen LogP contribution in [0.3, 0.4) is 0 Å². The first-order valence-electron chi connectivity index (χ1n) is 7.99. The summed E-state index contributed by atoms with van der Waals surface area (Å²) in [4.78, 5) is 12.3. The Morgan fingerprint density at radius 3 is 2.76 bits per heavy atom. The van der Waals surface area contributed by atoms with Crippen LogP contribution in [0.2, 0.25) is 0 Å². The number of methoxy groups -OCH3 is 1. The molecule has 0 aliphatic rings. The standard InChI is InChI=1S/C18H20N4O2S/c1-13(9-15-7-8-25-12-15)19-18(23)17-11-22(21-20-17)10-14-3-5-16(24-2)6-4-14/h3-8,11-13H,9-10H2,1-2H3,(H,19,23). The number of carbonyl (C=O) groups excluding carboxylic acids is 1. The Labute approximate surface area is 150 Å². The molecular weight excluding hydrogens is 336 g/mol. The minimum Gasteiger partial charge on any atom is -0.497 e. The molecule has 25 heavy (non-hydrogen) atoms. The average Bonchev–Trinajstić information content (AvgIpc) is 3.27. The first-order chi connectivity index (χ1) is 12.1. The number of carbonyl (C=O) groups is 1. The molecule has 0 aliphatic heterocycles. The van der Waals surface area contributed by atoms with Crippen molar-refractivity contribution < 1.29 is 9.53 Å². The van der Waals surface area contributed by atoms with Crippen LogP contribution in [0.4, 0.5) is 0 Å². The van der Waals surface area contributed by atoms with Crippen LogP contribution in [0.1, 0.15) is 28.5 Å². The number of ether oxygens (including phenoxy) is 1. The minimum atomic E-state index is -0.205. The van der Waals surface area contributed by atoms with E-state index in [0.29, 0.717) is 12.2 Å². The third kappa shape index (κ3) is 4.67. The molecule has 3 aromatic rings. The molecule has 6 nitrogen and oxygen atoms in total. The van der Waals surface area contributed by atoms with Gasteiger partial charge in [-0.05, 0) is 53.4 Å². The quantitative estimate of drug-likeness (QED) is 0.707. The van der Waals surface area contributed by atoms with Crippen LogP contribution in [0, 0.1) is 0 Å². The van der Waals surface area contributed by atoms with Crippen molar-refractivity contribution in [2.45, 2.75) is 25.9 Å². The minimum absolute atomic E-state index is 0.0360. The van der Waals surface area contributed by atoms with Gasteiger partial charge in [-0.1, -0.05) is 17.3 Å². The SMILES string of the molecule is COc1ccc(Cn2cc(C(=O)NC(C)Cc3ccsc3)nn2)cc1. The topological polar surface area (TPSA) is 69.0 Å². The molecule has 1 aromatic carbocycles. The number of nitrogens with one attached hydrogen (secondary N) is 1. The number of nitrogens with zero attached hydrogens (tertiary/aromatic N) is 3. The summed E-state index contributed by atoms with van der Waals surface area (Å²) in [6.07, 6.45) is 2.46. The number of thiophene rings is 1. The smallest absolute Gasteiger partial charge is 0.273 e. The maximum atomic E-state index is 12.3. The molecule has 130 valence electrons. The van der Waals surface area contributed by atoms with E-state index in [0.717, 1.165) is 17.7 Å². The largest absolute Gasteiger partial charge is 0.497 e. The van der Waals surface area contributed by atoms with Gasteiger partial charge in [0.2, 0.25) is 0 Å². The lowest BCUT2D eigenvalue weighted by Gasteiger charge is -2.11. The first-order valence-corrected chi connectivity index (χ1v) is 8.93. The summed E-state index contributed by atoms with van der Waals surface area (Å²) in [5, 5.41) is 15.1. The van der Waals surface area contributed by atoms with E-state index in [1.807, 2.05) is 36.6 Å². The van der Waals surface area contributed by atoms with E-state index >= 15 is 0 Å². The molecule has 1 amide bonds. The summed E-state index contributed by atoms with van der Waals surface area (Å²) < 4.78 is 6.80. The van der Waals surface area contributed by atoms with Gasteiger partial charge >= 0.3 is 0 Å². The lowest BCUT2D eigenvalue weighted by Crippen LogP contribution is -2.34. The van der Waals surface area contributed by atoms with Crippen molar-refractivity contribution in [1.29, 1.82) is 0 Å². The summed E-state index contributed by atoms with van der Waals surface area (Å²) in [7, 11) is 1.64. The molecule has 1 N–H and O–H groups in total. The summed E-state index contributed by atoms with van der Waals surface area (Å²) >= 11 is 1.66. The van der Waals surface area contributed by atoms with Gasteiger partial charge in [-0.25, -0.2) is 4.68 Å². The van der Waals surface area contributed by atoms with Crippen LogP contribution < -0.4 is 10.1 Å². The summed E-state index contributed by atoms with van der Waals surface area (Å²) in [5.74, 6) is 0.603. The maximum absolute atomic E-state index is 12.3. The predicted molar refractivity (Wildman–Crippen MR) is 97.1 cm³/mol. The van der Waals surface area contributed by atoms with Crippen molar-refractivity contribution in [2.75, 3.05) is 7.11 Å². The molecule has 0 spiro atoms. The number of benzene rings is 1. The molecular formula is C18H20N4O2S. The molecule has 0 radical (unpaired) electrons. The Morgan fingerprint density at radius 1 is 1.28 bits per heavy atom. The van der Waals surface area contributed by atoms with Crippen molar-refractivity contribution in [3.05, 3.63) is 64.1 Å². The highest BCUT2D eigenvalue weighted by Crippen LogP contribution is 2.12. The van der Waals surface area contributed by atoms with Gasteiger partial charge in [0.25, 0.3) is 5.91 Å². The molecule has 0 saturated heterocycles. The zero-order valence-corrected chi connectivity index (χ0v) is 15.0. The monoisotopic (exact) mass is 356 g/mol. The Hall–Kier alpha value is -2.67. The van der Waals surface area contributed by atoms with E-state index in [9.17, 15) is 4.79 Å². The highest BCUT2D eigenvalue weighted by molar-refractivity contribution is 7.07. The van der Waals surface area contributed by atoms with Gasteiger partial charge in [0, 0.05) is 6.04 Å². The fourth-order valence-corrected chi connectivity index (χ4v) is 3.19. The van der Waals surface area contributed by atoms with E-state index in [1.165, 1.54) is 5.56 Å². The van der Waals surface area contributed by atoms with E-state index in [-0.39, 0.29) is 11.9 Å². The Morgan fingerprint density at radius 2 is 2.08 bits per heavy atom. The fourth-order valence-electron chi connectivity index (χ4n) is 2.51. The molecule has 0 bridgehead atoms. The van der Waals surface area contributed by atoms with Gasteiger partial charge in [-0.3, -0.25) is 4.79 Å². The summed E-state index contributed by atoms with van der Waals surface area (Å²) in [6, 6.07) is 9.82. The highest BCUT2D eigenvalue weighted by atomic mass is 32.1. The van der Waals surface area contributed by atoms with Crippen LogP contribution >= 0.6 is 11.3 Å².